The van der Waals surface area contributed by atoms with Gasteiger partial charge in [-0.25, -0.2) is 4.79 Å². The first-order chi connectivity index (χ1) is 16.1. The van der Waals surface area contributed by atoms with Crippen molar-refractivity contribution in [2.75, 3.05) is 19.6 Å². The van der Waals surface area contributed by atoms with Gasteiger partial charge in [0.05, 0.1) is 12.1 Å². The number of amides is 1. The molecule has 1 amide bonds. The van der Waals surface area contributed by atoms with Gasteiger partial charge in [0, 0.05) is 6.54 Å². The van der Waals surface area contributed by atoms with E-state index in [4.69, 9.17) is 0 Å². The lowest BCUT2D eigenvalue weighted by molar-refractivity contribution is -0.0267. The summed E-state index contributed by atoms with van der Waals surface area (Å²) in [6.45, 7) is 14.3. The Balaban J connectivity index is 1.50. The maximum Gasteiger partial charge on any atom is 0.408 e. The molecule has 4 nitrogen and oxygen atoms in total. The SMILES string of the molecule is Cc1cc2c(cc1-c1ccc(CC(C)C)cc1)CC(C)(C)[C@H]2N(C(=O)O)[C@@H]1CN2CCC1CC2. The summed E-state index contributed by atoms with van der Waals surface area (Å²) in [4.78, 5) is 17.1. The Morgan fingerprint density at radius 3 is 2.38 bits per heavy atom. The molecule has 0 unspecified atom stereocenters. The summed E-state index contributed by atoms with van der Waals surface area (Å²) in [6, 6.07) is 13.7. The van der Waals surface area contributed by atoms with E-state index < -0.39 is 6.09 Å². The summed E-state index contributed by atoms with van der Waals surface area (Å²) in [5, 5.41) is 10.5. The van der Waals surface area contributed by atoms with Gasteiger partial charge in [0.1, 0.15) is 0 Å². The van der Waals surface area contributed by atoms with Gasteiger partial charge in [-0.2, -0.15) is 0 Å². The van der Waals surface area contributed by atoms with Crippen LogP contribution in [0.5, 0.6) is 0 Å². The number of carboxylic acid groups (broad SMARTS) is 1. The number of fused-ring (bicyclic) bond motifs is 4. The van der Waals surface area contributed by atoms with Gasteiger partial charge in [-0.15, -0.1) is 0 Å². The Kier molecular flexibility index (Phi) is 6.00. The van der Waals surface area contributed by atoms with Gasteiger partial charge in [0.15, 0.2) is 0 Å². The Morgan fingerprint density at radius 1 is 1.15 bits per heavy atom. The van der Waals surface area contributed by atoms with Crippen molar-refractivity contribution < 1.29 is 9.90 Å². The highest BCUT2D eigenvalue weighted by Gasteiger charge is 2.50. The van der Waals surface area contributed by atoms with E-state index in [0.29, 0.717) is 11.8 Å². The van der Waals surface area contributed by atoms with Gasteiger partial charge in [0.2, 0.25) is 0 Å². The third-order valence-electron chi connectivity index (χ3n) is 8.55. The zero-order valence-corrected chi connectivity index (χ0v) is 21.5. The molecule has 0 aromatic heterocycles. The number of rotatable bonds is 5. The smallest absolute Gasteiger partial charge is 0.408 e. The van der Waals surface area contributed by atoms with Crippen molar-refractivity contribution in [3.05, 3.63) is 58.7 Å². The van der Waals surface area contributed by atoms with E-state index in [2.05, 4.69) is 75.9 Å². The molecule has 3 heterocycles. The van der Waals surface area contributed by atoms with Crippen LogP contribution in [0.15, 0.2) is 36.4 Å². The van der Waals surface area contributed by atoms with Crippen LogP contribution in [0.2, 0.25) is 0 Å². The van der Waals surface area contributed by atoms with Crippen molar-refractivity contribution in [1.29, 1.82) is 0 Å². The molecule has 182 valence electrons. The van der Waals surface area contributed by atoms with Crippen LogP contribution in [0.3, 0.4) is 0 Å². The lowest BCUT2D eigenvalue weighted by atomic mass is 9.79. The summed E-state index contributed by atoms with van der Waals surface area (Å²) in [5.74, 6) is 1.14. The van der Waals surface area contributed by atoms with Crippen LogP contribution in [-0.4, -0.2) is 46.7 Å². The van der Waals surface area contributed by atoms with Crippen LogP contribution in [0, 0.1) is 24.2 Å². The van der Waals surface area contributed by atoms with Crippen LogP contribution in [-0.2, 0) is 12.8 Å². The minimum absolute atomic E-state index is 0.0910. The van der Waals surface area contributed by atoms with Crippen LogP contribution < -0.4 is 0 Å². The topological polar surface area (TPSA) is 43.8 Å². The van der Waals surface area contributed by atoms with E-state index in [9.17, 15) is 9.90 Å². The van der Waals surface area contributed by atoms with Crippen molar-refractivity contribution in [2.45, 2.75) is 72.4 Å². The fourth-order valence-electron chi connectivity index (χ4n) is 7.01. The van der Waals surface area contributed by atoms with Crippen LogP contribution in [0.4, 0.5) is 4.79 Å². The van der Waals surface area contributed by atoms with E-state index >= 15 is 0 Å². The summed E-state index contributed by atoms with van der Waals surface area (Å²) in [5.41, 5.74) is 7.55. The lowest BCUT2D eigenvalue weighted by Crippen LogP contribution is -2.60. The second kappa shape index (κ2) is 8.71. The molecule has 1 aliphatic carbocycles. The Bertz CT molecular complexity index is 1060. The quantitative estimate of drug-likeness (QED) is 0.550. The molecule has 2 bridgehead atoms. The van der Waals surface area contributed by atoms with Gasteiger partial charge in [-0.1, -0.05) is 64.1 Å². The summed E-state index contributed by atoms with van der Waals surface area (Å²) < 4.78 is 0. The first-order valence-corrected chi connectivity index (χ1v) is 13.1. The standard InChI is InChI=1S/C30H40N2O2/c1-19(2)14-21-6-8-22(9-7-21)25-16-24-17-30(4,5)28(26(24)15-20(25)3)32(29(33)34)27-18-31-12-10-23(27)11-13-31/h6-9,15-16,19,23,27-28H,10-14,17-18H2,1-5H3,(H,33,34)/t27-,28+/m1/s1. The molecule has 0 spiro atoms. The van der Waals surface area contributed by atoms with Gasteiger partial charge in [-0.3, -0.25) is 4.90 Å². The molecule has 6 rings (SSSR count). The van der Waals surface area contributed by atoms with Crippen LogP contribution in [0.25, 0.3) is 11.1 Å². The highest BCUT2D eigenvalue weighted by molar-refractivity contribution is 5.71. The number of aryl methyl sites for hydroxylation is 1. The predicted molar refractivity (Wildman–Crippen MR) is 138 cm³/mol. The number of piperidine rings is 3. The minimum Gasteiger partial charge on any atom is -0.465 e. The third kappa shape index (κ3) is 4.15. The van der Waals surface area contributed by atoms with Gasteiger partial charge >= 0.3 is 6.09 Å². The van der Waals surface area contributed by atoms with E-state index in [1.807, 2.05) is 4.90 Å². The predicted octanol–water partition coefficient (Wildman–Crippen LogP) is 6.56. The number of hydrogen-bond donors (Lipinski definition) is 1. The molecule has 0 saturated carbocycles. The fourth-order valence-corrected chi connectivity index (χ4v) is 7.01. The van der Waals surface area contributed by atoms with Crippen LogP contribution in [0.1, 0.15) is 68.8 Å². The highest BCUT2D eigenvalue weighted by Crippen LogP contribution is 2.52. The van der Waals surface area contributed by atoms with Crippen molar-refractivity contribution in [2.24, 2.45) is 17.3 Å². The highest BCUT2D eigenvalue weighted by atomic mass is 16.4. The molecule has 3 saturated heterocycles. The summed E-state index contributed by atoms with van der Waals surface area (Å²) >= 11 is 0. The van der Waals surface area contributed by atoms with Gasteiger partial charge < -0.3 is 10.0 Å². The minimum atomic E-state index is -0.757. The molecule has 2 aromatic carbocycles. The molecule has 4 aliphatic rings. The van der Waals surface area contributed by atoms with E-state index in [1.165, 1.54) is 33.4 Å². The number of benzene rings is 2. The van der Waals surface area contributed by atoms with E-state index in [1.54, 1.807) is 0 Å². The second-order valence-corrected chi connectivity index (χ2v) is 12.1. The molecule has 2 aromatic rings. The van der Waals surface area contributed by atoms with Crippen molar-refractivity contribution in [3.8, 4) is 11.1 Å². The number of nitrogens with zero attached hydrogens (tertiary/aromatic N) is 2. The summed E-state index contributed by atoms with van der Waals surface area (Å²) in [7, 11) is 0. The average Bonchev–Trinajstić information content (AvgIpc) is 3.03. The lowest BCUT2D eigenvalue weighted by Gasteiger charge is -2.51. The normalized spacial score (nSPS) is 27.1. The maximum atomic E-state index is 12.7. The van der Waals surface area contributed by atoms with Crippen LogP contribution >= 0.6 is 0 Å². The maximum absolute atomic E-state index is 12.7. The summed E-state index contributed by atoms with van der Waals surface area (Å²) in [6.07, 6.45) is 3.51. The zero-order chi connectivity index (χ0) is 24.2. The molecule has 3 fully saturated rings. The first-order valence-electron chi connectivity index (χ1n) is 13.1. The van der Waals surface area contributed by atoms with Crippen molar-refractivity contribution in [3.63, 3.8) is 0 Å². The zero-order valence-electron chi connectivity index (χ0n) is 21.5. The number of carbonyl (C=O) groups is 1. The molecule has 3 aliphatic heterocycles. The third-order valence-corrected chi connectivity index (χ3v) is 8.55. The largest absolute Gasteiger partial charge is 0.465 e. The fraction of sp³-hybridized carbons (Fsp3) is 0.567. The average molecular weight is 461 g/mol. The van der Waals surface area contributed by atoms with E-state index in [0.717, 1.165) is 45.3 Å². The molecular weight excluding hydrogens is 420 g/mol. The molecule has 4 heteroatoms. The Hall–Kier alpha value is -2.33. The van der Waals surface area contributed by atoms with Crippen molar-refractivity contribution in [1.82, 2.24) is 9.80 Å². The molecule has 2 atom stereocenters. The first kappa shape index (κ1) is 23.4. The molecular formula is C30H40N2O2. The van der Waals surface area contributed by atoms with Crippen molar-refractivity contribution >= 4 is 6.09 Å². The molecule has 34 heavy (non-hydrogen) atoms. The molecule has 0 radical (unpaired) electrons. The Labute approximate surface area is 205 Å². The van der Waals surface area contributed by atoms with Gasteiger partial charge in [0.25, 0.3) is 0 Å². The molecule has 1 N–H and O–H groups in total. The van der Waals surface area contributed by atoms with E-state index in [-0.39, 0.29) is 17.5 Å². The number of hydrogen-bond acceptors (Lipinski definition) is 2. The monoisotopic (exact) mass is 460 g/mol. The second-order valence-electron chi connectivity index (χ2n) is 12.1. The van der Waals surface area contributed by atoms with Gasteiger partial charge in [-0.05, 0) is 96.3 Å². The Morgan fingerprint density at radius 2 is 1.82 bits per heavy atom.